The molecule has 1 nitrogen and oxygen atoms in total. The molecule has 0 amide bonds. The van der Waals surface area contributed by atoms with Gasteiger partial charge in [-0.25, -0.2) is 0 Å². The standard InChI is InChI=1S/C11H13NS/c1-9(2)13-8-11-5-3-10(7-12)4-6-11/h3-6,9H,8H2,1-2H3. The van der Waals surface area contributed by atoms with Crippen LogP contribution in [0.15, 0.2) is 24.3 Å². The van der Waals surface area contributed by atoms with Crippen LogP contribution in [-0.4, -0.2) is 5.25 Å². The van der Waals surface area contributed by atoms with E-state index in [-0.39, 0.29) is 0 Å². The summed E-state index contributed by atoms with van der Waals surface area (Å²) in [7, 11) is 0. The van der Waals surface area contributed by atoms with Crippen molar-refractivity contribution in [3.05, 3.63) is 35.4 Å². The minimum absolute atomic E-state index is 0.663. The lowest BCUT2D eigenvalue weighted by atomic mass is 10.2. The van der Waals surface area contributed by atoms with Gasteiger partial charge in [0.05, 0.1) is 11.6 Å². The van der Waals surface area contributed by atoms with Crippen LogP contribution in [0.5, 0.6) is 0 Å². The Bertz CT molecular complexity index is 295. The number of nitrogens with zero attached hydrogens (tertiary/aromatic N) is 1. The molecule has 0 saturated carbocycles. The van der Waals surface area contributed by atoms with Crippen molar-refractivity contribution in [2.24, 2.45) is 0 Å². The third-order valence-corrected chi connectivity index (χ3v) is 2.83. The molecule has 0 atom stereocenters. The quantitative estimate of drug-likeness (QED) is 0.732. The fourth-order valence-electron chi connectivity index (χ4n) is 0.938. The summed E-state index contributed by atoms with van der Waals surface area (Å²) in [6, 6.07) is 9.90. The Morgan fingerprint density at radius 1 is 1.31 bits per heavy atom. The predicted molar refractivity (Wildman–Crippen MR) is 57.6 cm³/mol. The third-order valence-electron chi connectivity index (χ3n) is 1.67. The molecule has 0 spiro atoms. The van der Waals surface area contributed by atoms with Crippen LogP contribution in [0.1, 0.15) is 25.0 Å². The van der Waals surface area contributed by atoms with Crippen LogP contribution in [0.4, 0.5) is 0 Å². The van der Waals surface area contributed by atoms with E-state index >= 15 is 0 Å². The fraction of sp³-hybridized carbons (Fsp3) is 0.364. The van der Waals surface area contributed by atoms with E-state index in [4.69, 9.17) is 5.26 Å². The average Bonchev–Trinajstić information content (AvgIpc) is 2.15. The molecule has 0 bridgehead atoms. The highest BCUT2D eigenvalue weighted by Gasteiger charge is 1.96. The van der Waals surface area contributed by atoms with Crippen molar-refractivity contribution >= 4 is 11.8 Å². The minimum atomic E-state index is 0.663. The van der Waals surface area contributed by atoms with Crippen LogP contribution in [0.25, 0.3) is 0 Å². The molecule has 0 radical (unpaired) electrons. The van der Waals surface area contributed by atoms with Gasteiger partial charge >= 0.3 is 0 Å². The van der Waals surface area contributed by atoms with E-state index in [1.54, 1.807) is 0 Å². The lowest BCUT2D eigenvalue weighted by Crippen LogP contribution is -1.88. The van der Waals surface area contributed by atoms with Gasteiger partial charge in [0, 0.05) is 5.75 Å². The maximum Gasteiger partial charge on any atom is 0.0991 e. The van der Waals surface area contributed by atoms with E-state index in [0.717, 1.165) is 11.3 Å². The Morgan fingerprint density at radius 3 is 2.38 bits per heavy atom. The maximum atomic E-state index is 8.59. The van der Waals surface area contributed by atoms with Gasteiger partial charge < -0.3 is 0 Å². The summed E-state index contributed by atoms with van der Waals surface area (Å²) in [5, 5.41) is 9.25. The summed E-state index contributed by atoms with van der Waals surface area (Å²) >= 11 is 1.91. The van der Waals surface area contributed by atoms with Gasteiger partial charge in [-0.15, -0.1) is 0 Å². The zero-order valence-corrected chi connectivity index (χ0v) is 8.77. The Balaban J connectivity index is 2.55. The second-order valence-electron chi connectivity index (χ2n) is 3.17. The first-order chi connectivity index (χ1) is 6.22. The molecule has 0 saturated heterocycles. The van der Waals surface area contributed by atoms with Gasteiger partial charge in [-0.3, -0.25) is 0 Å². The smallest absolute Gasteiger partial charge is 0.0991 e. The van der Waals surface area contributed by atoms with E-state index in [9.17, 15) is 0 Å². The first kappa shape index (κ1) is 10.1. The summed E-state index contributed by atoms with van der Waals surface area (Å²) in [4.78, 5) is 0. The van der Waals surface area contributed by atoms with Gasteiger partial charge in [-0.1, -0.05) is 26.0 Å². The molecule has 2 heteroatoms. The molecule has 0 fully saturated rings. The lowest BCUT2D eigenvalue weighted by Gasteiger charge is -2.04. The molecule has 1 aromatic rings. The SMILES string of the molecule is CC(C)SCc1ccc(C#N)cc1. The molecule has 1 aromatic carbocycles. The van der Waals surface area contributed by atoms with Crippen LogP contribution >= 0.6 is 11.8 Å². The van der Waals surface area contributed by atoms with E-state index < -0.39 is 0 Å². The Kier molecular flexibility index (Phi) is 3.85. The fourth-order valence-corrected chi connectivity index (χ4v) is 1.66. The summed E-state index contributed by atoms with van der Waals surface area (Å²) in [5.74, 6) is 1.03. The van der Waals surface area contributed by atoms with E-state index in [0.29, 0.717) is 5.25 Å². The van der Waals surface area contributed by atoms with Crippen molar-refractivity contribution in [1.82, 2.24) is 0 Å². The van der Waals surface area contributed by atoms with Crippen molar-refractivity contribution in [3.63, 3.8) is 0 Å². The molecule has 0 heterocycles. The maximum absolute atomic E-state index is 8.59. The van der Waals surface area contributed by atoms with E-state index in [1.807, 2.05) is 36.0 Å². The molecule has 0 N–H and O–H groups in total. The molecule has 1 rings (SSSR count). The molecule has 13 heavy (non-hydrogen) atoms. The van der Waals surface area contributed by atoms with Crippen molar-refractivity contribution < 1.29 is 0 Å². The van der Waals surface area contributed by atoms with Gasteiger partial charge in [-0.05, 0) is 22.9 Å². The molecule has 0 aliphatic rings. The summed E-state index contributed by atoms with van der Waals surface area (Å²) in [5.41, 5.74) is 2.02. The Labute approximate surface area is 83.8 Å². The van der Waals surface area contributed by atoms with Crippen LogP contribution < -0.4 is 0 Å². The van der Waals surface area contributed by atoms with Crippen molar-refractivity contribution in [2.75, 3.05) is 0 Å². The van der Waals surface area contributed by atoms with Crippen LogP contribution in [0.3, 0.4) is 0 Å². The van der Waals surface area contributed by atoms with Crippen molar-refractivity contribution in [3.8, 4) is 6.07 Å². The number of rotatable bonds is 3. The van der Waals surface area contributed by atoms with Crippen LogP contribution in [-0.2, 0) is 5.75 Å². The number of benzene rings is 1. The summed E-state index contributed by atoms with van der Waals surface area (Å²) in [6.45, 7) is 4.38. The zero-order chi connectivity index (χ0) is 9.68. The van der Waals surface area contributed by atoms with E-state index in [2.05, 4.69) is 19.9 Å². The van der Waals surface area contributed by atoms with Gasteiger partial charge in [0.25, 0.3) is 0 Å². The molecular formula is C11H13NS. The summed E-state index contributed by atoms with van der Waals surface area (Å²) in [6.07, 6.45) is 0. The van der Waals surface area contributed by atoms with Crippen molar-refractivity contribution in [1.29, 1.82) is 5.26 Å². The predicted octanol–water partition coefficient (Wildman–Crippen LogP) is 3.20. The number of nitriles is 1. The summed E-state index contributed by atoms with van der Waals surface area (Å²) < 4.78 is 0. The minimum Gasteiger partial charge on any atom is -0.192 e. The molecular weight excluding hydrogens is 178 g/mol. The molecule has 68 valence electrons. The van der Waals surface area contributed by atoms with Gasteiger partial charge in [-0.2, -0.15) is 17.0 Å². The zero-order valence-electron chi connectivity index (χ0n) is 7.95. The number of hydrogen-bond donors (Lipinski definition) is 0. The van der Waals surface area contributed by atoms with Crippen molar-refractivity contribution in [2.45, 2.75) is 24.9 Å². The Morgan fingerprint density at radius 2 is 1.92 bits per heavy atom. The van der Waals surface area contributed by atoms with Gasteiger partial charge in [0.15, 0.2) is 0 Å². The Hall–Kier alpha value is -0.940. The van der Waals surface area contributed by atoms with E-state index in [1.165, 1.54) is 5.56 Å². The first-order valence-corrected chi connectivity index (χ1v) is 5.38. The molecule has 0 unspecified atom stereocenters. The molecule has 0 aliphatic heterocycles. The third kappa shape index (κ3) is 3.52. The number of thioether (sulfide) groups is 1. The average molecular weight is 191 g/mol. The first-order valence-electron chi connectivity index (χ1n) is 4.33. The monoisotopic (exact) mass is 191 g/mol. The highest BCUT2D eigenvalue weighted by atomic mass is 32.2. The van der Waals surface area contributed by atoms with Crippen LogP contribution in [0, 0.1) is 11.3 Å². The number of hydrogen-bond acceptors (Lipinski definition) is 2. The molecule has 0 aromatic heterocycles. The largest absolute Gasteiger partial charge is 0.192 e. The lowest BCUT2D eigenvalue weighted by molar-refractivity contribution is 1.11. The normalized spacial score (nSPS) is 10.0. The van der Waals surface area contributed by atoms with Gasteiger partial charge in [0.1, 0.15) is 0 Å². The second-order valence-corrected chi connectivity index (χ2v) is 4.73. The highest BCUT2D eigenvalue weighted by Crippen LogP contribution is 2.17. The van der Waals surface area contributed by atoms with Crippen LogP contribution in [0.2, 0.25) is 0 Å². The highest BCUT2D eigenvalue weighted by molar-refractivity contribution is 7.99. The topological polar surface area (TPSA) is 23.8 Å². The van der Waals surface area contributed by atoms with Gasteiger partial charge in [0.2, 0.25) is 0 Å². The second kappa shape index (κ2) is 4.94. The molecule has 0 aliphatic carbocycles.